The van der Waals surface area contributed by atoms with Gasteiger partial charge in [0.05, 0.1) is 17.4 Å². The Labute approximate surface area is 141 Å². The van der Waals surface area contributed by atoms with Crippen LogP contribution in [0.25, 0.3) is 0 Å². The van der Waals surface area contributed by atoms with Gasteiger partial charge in [-0.3, -0.25) is 0 Å². The lowest BCUT2D eigenvalue weighted by Gasteiger charge is -2.44. The van der Waals surface area contributed by atoms with E-state index in [0.717, 1.165) is 43.3 Å². The molecule has 1 saturated heterocycles. The maximum Gasteiger partial charge on any atom is 0.151 e. The Kier molecular flexibility index (Phi) is 3.18. The van der Waals surface area contributed by atoms with E-state index in [1.807, 2.05) is 0 Å². The first-order valence-electron chi connectivity index (χ1n) is 8.95. The molecule has 3 heterocycles. The molecule has 6 nitrogen and oxygen atoms in total. The molecule has 2 aromatic rings. The summed E-state index contributed by atoms with van der Waals surface area (Å²) in [7, 11) is 2.12. The summed E-state index contributed by atoms with van der Waals surface area (Å²) in [5.74, 6) is 2.65. The number of fused-ring (bicyclic) bond motifs is 1. The summed E-state index contributed by atoms with van der Waals surface area (Å²) in [5, 5.41) is 17.6. The highest BCUT2D eigenvalue weighted by molar-refractivity contribution is 5.49. The summed E-state index contributed by atoms with van der Waals surface area (Å²) in [5.41, 5.74) is 3.72. The van der Waals surface area contributed by atoms with Crippen molar-refractivity contribution in [3.63, 3.8) is 0 Å². The topological polar surface area (TPSA) is 58.0 Å². The first-order valence-corrected chi connectivity index (χ1v) is 8.95. The minimum atomic E-state index is 0.462. The molecule has 0 radical (unpaired) electrons. The van der Waals surface area contributed by atoms with Crippen molar-refractivity contribution in [1.29, 1.82) is 0 Å². The van der Waals surface area contributed by atoms with E-state index in [4.69, 9.17) is 0 Å². The SMILES string of the molecule is CN(c1cc2c(nn1)CCC2)C1CN(c2ccc(C3CC3)nn2)C1. The van der Waals surface area contributed by atoms with Gasteiger partial charge in [0.1, 0.15) is 0 Å². The second kappa shape index (κ2) is 5.40. The van der Waals surface area contributed by atoms with Gasteiger partial charge in [0.15, 0.2) is 11.6 Å². The van der Waals surface area contributed by atoms with Crippen LogP contribution in [0.4, 0.5) is 11.6 Å². The van der Waals surface area contributed by atoms with E-state index in [2.05, 4.69) is 55.4 Å². The summed E-state index contributed by atoms with van der Waals surface area (Å²) >= 11 is 0. The molecule has 0 aromatic carbocycles. The number of rotatable bonds is 4. The van der Waals surface area contributed by atoms with Crippen LogP contribution in [0, 0.1) is 0 Å². The molecule has 0 N–H and O–H groups in total. The van der Waals surface area contributed by atoms with Gasteiger partial charge in [-0.05, 0) is 55.9 Å². The van der Waals surface area contributed by atoms with Crippen molar-refractivity contribution < 1.29 is 0 Å². The minimum Gasteiger partial charge on any atom is -0.352 e. The van der Waals surface area contributed by atoms with Crippen LogP contribution in [0.3, 0.4) is 0 Å². The van der Waals surface area contributed by atoms with Crippen LogP contribution in [-0.4, -0.2) is 46.6 Å². The van der Waals surface area contributed by atoms with Crippen molar-refractivity contribution in [1.82, 2.24) is 20.4 Å². The number of hydrogen-bond acceptors (Lipinski definition) is 6. The average Bonchev–Trinajstić information content (AvgIpc) is 3.31. The highest BCUT2D eigenvalue weighted by Gasteiger charge is 2.33. The Morgan fingerprint density at radius 1 is 1.04 bits per heavy atom. The lowest BCUT2D eigenvalue weighted by molar-refractivity contribution is 0.486. The number of anilines is 2. The van der Waals surface area contributed by atoms with E-state index < -0.39 is 0 Å². The molecular weight excluding hydrogens is 300 g/mol. The standard InChI is InChI=1S/C18H22N6/c1-23(18-9-13-3-2-4-15(13)19-22-18)14-10-24(11-14)17-8-7-16(20-21-17)12-5-6-12/h7-9,12,14H,2-6,10-11H2,1H3. The molecule has 0 spiro atoms. The van der Waals surface area contributed by atoms with Crippen LogP contribution >= 0.6 is 0 Å². The van der Waals surface area contributed by atoms with Crippen molar-refractivity contribution in [3.05, 3.63) is 35.2 Å². The van der Waals surface area contributed by atoms with Crippen LogP contribution in [0.15, 0.2) is 18.2 Å². The van der Waals surface area contributed by atoms with E-state index in [1.165, 1.54) is 30.5 Å². The zero-order chi connectivity index (χ0) is 16.1. The van der Waals surface area contributed by atoms with Gasteiger partial charge >= 0.3 is 0 Å². The van der Waals surface area contributed by atoms with Crippen LogP contribution in [0.2, 0.25) is 0 Å². The fraction of sp³-hybridized carbons (Fsp3) is 0.556. The maximum atomic E-state index is 4.42. The van der Waals surface area contributed by atoms with Gasteiger partial charge in [-0.15, -0.1) is 10.2 Å². The largest absolute Gasteiger partial charge is 0.352 e. The van der Waals surface area contributed by atoms with Crippen molar-refractivity contribution in [3.8, 4) is 0 Å². The molecule has 2 aliphatic carbocycles. The normalized spacial score (nSPS) is 20.0. The predicted octanol–water partition coefficient (Wildman–Crippen LogP) is 1.96. The number of likely N-dealkylation sites (N-methyl/N-ethyl adjacent to an activating group) is 1. The number of nitrogens with zero attached hydrogens (tertiary/aromatic N) is 6. The Bertz CT molecular complexity index is 749. The van der Waals surface area contributed by atoms with Gasteiger partial charge in [-0.25, -0.2) is 0 Å². The first-order chi connectivity index (χ1) is 11.8. The molecule has 0 unspecified atom stereocenters. The van der Waals surface area contributed by atoms with Gasteiger partial charge in [0.25, 0.3) is 0 Å². The van der Waals surface area contributed by atoms with Crippen LogP contribution in [0.1, 0.15) is 42.1 Å². The van der Waals surface area contributed by atoms with Crippen LogP contribution in [-0.2, 0) is 12.8 Å². The third kappa shape index (κ3) is 2.41. The molecule has 124 valence electrons. The van der Waals surface area contributed by atoms with E-state index in [1.54, 1.807) is 0 Å². The molecule has 2 fully saturated rings. The monoisotopic (exact) mass is 322 g/mol. The molecule has 1 aliphatic heterocycles. The molecule has 0 amide bonds. The molecule has 2 aromatic heterocycles. The summed E-state index contributed by atoms with van der Waals surface area (Å²) in [6.07, 6.45) is 5.98. The Morgan fingerprint density at radius 3 is 2.67 bits per heavy atom. The van der Waals surface area contributed by atoms with E-state index in [-0.39, 0.29) is 0 Å². The molecule has 0 atom stereocenters. The van der Waals surface area contributed by atoms with E-state index in [9.17, 15) is 0 Å². The van der Waals surface area contributed by atoms with Crippen molar-refractivity contribution >= 4 is 11.6 Å². The van der Waals surface area contributed by atoms with Gasteiger partial charge < -0.3 is 9.80 Å². The molecule has 1 saturated carbocycles. The lowest BCUT2D eigenvalue weighted by atomic mass is 10.1. The fourth-order valence-corrected chi connectivity index (χ4v) is 3.66. The quantitative estimate of drug-likeness (QED) is 0.857. The van der Waals surface area contributed by atoms with E-state index >= 15 is 0 Å². The van der Waals surface area contributed by atoms with Gasteiger partial charge in [0.2, 0.25) is 0 Å². The van der Waals surface area contributed by atoms with Crippen molar-refractivity contribution in [2.75, 3.05) is 29.9 Å². The Hall–Kier alpha value is -2.24. The lowest BCUT2D eigenvalue weighted by Crippen LogP contribution is -2.59. The third-order valence-electron chi connectivity index (χ3n) is 5.57. The second-order valence-corrected chi connectivity index (χ2v) is 7.29. The average molecular weight is 322 g/mol. The highest BCUT2D eigenvalue weighted by Crippen LogP contribution is 2.39. The molecule has 3 aliphatic rings. The van der Waals surface area contributed by atoms with Crippen LogP contribution < -0.4 is 9.80 Å². The van der Waals surface area contributed by atoms with Gasteiger partial charge in [0, 0.05) is 26.1 Å². The van der Waals surface area contributed by atoms with Crippen LogP contribution in [0.5, 0.6) is 0 Å². The summed E-state index contributed by atoms with van der Waals surface area (Å²) < 4.78 is 0. The summed E-state index contributed by atoms with van der Waals surface area (Å²) in [6, 6.07) is 6.95. The smallest absolute Gasteiger partial charge is 0.151 e. The second-order valence-electron chi connectivity index (χ2n) is 7.29. The zero-order valence-electron chi connectivity index (χ0n) is 14.0. The van der Waals surface area contributed by atoms with E-state index in [0.29, 0.717) is 12.0 Å². The Morgan fingerprint density at radius 2 is 1.92 bits per heavy atom. The predicted molar refractivity (Wildman–Crippen MR) is 92.5 cm³/mol. The number of aromatic nitrogens is 4. The molecular formula is C18H22N6. The molecule has 5 rings (SSSR count). The highest BCUT2D eigenvalue weighted by atomic mass is 15.4. The summed E-state index contributed by atoms with van der Waals surface area (Å²) in [6.45, 7) is 1.93. The molecule has 24 heavy (non-hydrogen) atoms. The molecule has 0 bridgehead atoms. The minimum absolute atomic E-state index is 0.462. The fourth-order valence-electron chi connectivity index (χ4n) is 3.66. The number of hydrogen-bond donors (Lipinski definition) is 0. The maximum absolute atomic E-state index is 4.42. The summed E-state index contributed by atoms with van der Waals surface area (Å²) in [4.78, 5) is 4.54. The van der Waals surface area contributed by atoms with Gasteiger partial charge in [-0.2, -0.15) is 10.2 Å². The third-order valence-corrected chi connectivity index (χ3v) is 5.57. The zero-order valence-corrected chi connectivity index (χ0v) is 14.0. The van der Waals surface area contributed by atoms with Crippen molar-refractivity contribution in [2.45, 2.75) is 44.1 Å². The van der Waals surface area contributed by atoms with Crippen molar-refractivity contribution in [2.24, 2.45) is 0 Å². The van der Waals surface area contributed by atoms with Gasteiger partial charge in [-0.1, -0.05) is 0 Å². The number of aryl methyl sites for hydroxylation is 2. The first kappa shape index (κ1) is 14.1. The molecule has 6 heteroatoms. The Balaban J connectivity index is 1.24.